The number of halogens is 1. The highest BCUT2D eigenvalue weighted by molar-refractivity contribution is 14.1. The Morgan fingerprint density at radius 1 is 1.04 bits per heavy atom. The molecule has 0 aliphatic heterocycles. The molecule has 6 heteroatoms. The molecule has 0 fully saturated rings. The number of anilines is 1. The van der Waals surface area contributed by atoms with E-state index in [-0.39, 0.29) is 5.91 Å². The summed E-state index contributed by atoms with van der Waals surface area (Å²) in [5.41, 5.74) is 5.06. The van der Waals surface area contributed by atoms with Gasteiger partial charge in [-0.05, 0) is 90.9 Å². The molecule has 0 spiro atoms. The molecule has 0 saturated carbocycles. The number of carbonyl (C=O) groups is 1. The Bertz CT molecular complexity index is 900. The fourth-order valence-electron chi connectivity index (χ4n) is 2.37. The molecule has 2 aromatic carbocycles. The van der Waals surface area contributed by atoms with Gasteiger partial charge in [0.1, 0.15) is 0 Å². The Balaban J connectivity index is 1.87. The molecule has 0 unspecified atom stereocenters. The number of aryl methyl sites for hydroxylation is 2. The van der Waals surface area contributed by atoms with Crippen molar-refractivity contribution in [3.63, 3.8) is 0 Å². The van der Waals surface area contributed by atoms with Crippen LogP contribution < -0.4 is 5.32 Å². The lowest BCUT2D eigenvalue weighted by Crippen LogP contribution is -2.14. The third kappa shape index (κ3) is 3.33. The summed E-state index contributed by atoms with van der Waals surface area (Å²) in [5, 5.41) is 11.0. The van der Waals surface area contributed by atoms with Crippen LogP contribution in [0.25, 0.3) is 5.69 Å². The minimum atomic E-state index is -0.260. The first-order valence-electron chi connectivity index (χ1n) is 7.52. The Kier molecular flexibility index (Phi) is 4.66. The van der Waals surface area contributed by atoms with E-state index in [1.54, 1.807) is 4.68 Å². The molecule has 0 aliphatic rings. The van der Waals surface area contributed by atoms with Gasteiger partial charge in [0.2, 0.25) is 0 Å². The molecule has 1 heterocycles. The summed E-state index contributed by atoms with van der Waals surface area (Å²) in [7, 11) is 0. The van der Waals surface area contributed by atoms with Crippen molar-refractivity contribution in [3.8, 4) is 5.69 Å². The van der Waals surface area contributed by atoms with E-state index in [9.17, 15) is 4.79 Å². The highest BCUT2D eigenvalue weighted by atomic mass is 127. The van der Waals surface area contributed by atoms with Gasteiger partial charge < -0.3 is 5.32 Å². The summed E-state index contributed by atoms with van der Waals surface area (Å²) >= 11 is 2.22. The molecule has 0 aliphatic carbocycles. The van der Waals surface area contributed by atoms with E-state index < -0.39 is 0 Å². The lowest BCUT2D eigenvalue weighted by molar-refractivity contribution is 0.102. The van der Waals surface area contributed by atoms with Gasteiger partial charge in [-0.15, -0.1) is 5.10 Å². The Morgan fingerprint density at radius 3 is 2.42 bits per heavy atom. The summed E-state index contributed by atoms with van der Waals surface area (Å²) in [4.78, 5) is 12.5. The zero-order chi connectivity index (χ0) is 17.3. The van der Waals surface area contributed by atoms with Gasteiger partial charge in [-0.1, -0.05) is 11.3 Å². The molecule has 24 heavy (non-hydrogen) atoms. The van der Waals surface area contributed by atoms with Gasteiger partial charge in [-0.3, -0.25) is 4.79 Å². The van der Waals surface area contributed by atoms with E-state index in [4.69, 9.17) is 0 Å². The minimum Gasteiger partial charge on any atom is -0.321 e. The fourth-order valence-corrected chi connectivity index (χ4v) is 2.72. The van der Waals surface area contributed by atoms with E-state index in [2.05, 4.69) is 52.1 Å². The summed E-state index contributed by atoms with van der Waals surface area (Å²) in [6, 6.07) is 13.7. The largest absolute Gasteiger partial charge is 0.321 e. The topological polar surface area (TPSA) is 59.8 Å². The molecule has 3 aromatic rings. The maximum absolute atomic E-state index is 12.5. The van der Waals surface area contributed by atoms with Crippen molar-refractivity contribution in [1.29, 1.82) is 0 Å². The first kappa shape index (κ1) is 16.6. The molecular formula is C18H17IN4O. The molecule has 1 aromatic heterocycles. The average Bonchev–Trinajstić information content (AvgIpc) is 2.94. The van der Waals surface area contributed by atoms with Crippen LogP contribution in [0.2, 0.25) is 0 Å². The van der Waals surface area contributed by atoms with Crippen LogP contribution in [0, 0.1) is 24.3 Å². The van der Waals surface area contributed by atoms with E-state index in [1.165, 1.54) is 11.1 Å². The first-order chi connectivity index (χ1) is 11.5. The number of aromatic nitrogens is 3. The van der Waals surface area contributed by atoms with E-state index in [1.807, 2.05) is 49.4 Å². The number of nitrogens with zero attached hydrogens (tertiary/aromatic N) is 3. The van der Waals surface area contributed by atoms with E-state index in [0.717, 1.165) is 14.9 Å². The second-order valence-electron chi connectivity index (χ2n) is 5.66. The molecular weight excluding hydrogens is 415 g/mol. The molecule has 0 bridgehead atoms. The van der Waals surface area contributed by atoms with Crippen molar-refractivity contribution in [2.24, 2.45) is 0 Å². The number of hydrogen-bond acceptors (Lipinski definition) is 3. The number of amides is 1. The van der Waals surface area contributed by atoms with Gasteiger partial charge in [-0.25, -0.2) is 4.68 Å². The summed E-state index contributed by atoms with van der Waals surface area (Å²) < 4.78 is 2.80. The van der Waals surface area contributed by atoms with Crippen molar-refractivity contribution >= 4 is 34.2 Å². The van der Waals surface area contributed by atoms with Crippen molar-refractivity contribution in [3.05, 3.63) is 68.5 Å². The predicted molar refractivity (Wildman–Crippen MR) is 103 cm³/mol. The predicted octanol–water partition coefficient (Wildman–Crippen LogP) is 4.05. The van der Waals surface area contributed by atoms with Crippen LogP contribution in [-0.2, 0) is 0 Å². The zero-order valence-corrected chi connectivity index (χ0v) is 15.8. The number of nitrogens with one attached hydrogen (secondary N) is 1. The van der Waals surface area contributed by atoms with Crippen LogP contribution in [0.4, 0.5) is 5.69 Å². The van der Waals surface area contributed by atoms with Crippen molar-refractivity contribution in [2.45, 2.75) is 20.8 Å². The van der Waals surface area contributed by atoms with E-state index >= 15 is 0 Å². The highest BCUT2D eigenvalue weighted by Crippen LogP contribution is 2.17. The van der Waals surface area contributed by atoms with Crippen molar-refractivity contribution < 1.29 is 4.79 Å². The Morgan fingerprint density at radius 2 is 1.75 bits per heavy atom. The van der Waals surface area contributed by atoms with Crippen LogP contribution >= 0.6 is 22.6 Å². The van der Waals surface area contributed by atoms with Gasteiger partial charge in [0.25, 0.3) is 5.91 Å². The molecule has 1 amide bonds. The Labute approximate surface area is 154 Å². The van der Waals surface area contributed by atoms with Gasteiger partial charge in [0.05, 0.1) is 11.4 Å². The van der Waals surface area contributed by atoms with Crippen molar-refractivity contribution in [2.75, 3.05) is 5.32 Å². The van der Waals surface area contributed by atoms with Crippen LogP contribution in [-0.4, -0.2) is 20.9 Å². The molecule has 0 radical (unpaired) electrons. The minimum absolute atomic E-state index is 0.260. The summed E-state index contributed by atoms with van der Waals surface area (Å²) in [5.74, 6) is -0.260. The van der Waals surface area contributed by atoms with Gasteiger partial charge in [-0.2, -0.15) is 0 Å². The van der Waals surface area contributed by atoms with Gasteiger partial charge in [0, 0.05) is 9.26 Å². The average molecular weight is 432 g/mol. The number of hydrogen-bond donors (Lipinski definition) is 1. The van der Waals surface area contributed by atoms with Crippen LogP contribution in [0.3, 0.4) is 0 Å². The standard InChI is InChI=1S/C18H17IN4O/c1-11-4-9-16(10-12(11)2)23-13(3)17(21-22-23)18(24)20-15-7-5-14(19)6-8-15/h4-10H,1-3H3,(H,20,24). The molecule has 3 rings (SSSR count). The molecule has 122 valence electrons. The van der Waals surface area contributed by atoms with Crippen LogP contribution in [0.1, 0.15) is 27.3 Å². The SMILES string of the molecule is Cc1ccc(-n2nnc(C(=O)Nc3ccc(I)cc3)c2C)cc1C. The van der Waals surface area contributed by atoms with Gasteiger partial charge in [0.15, 0.2) is 5.69 Å². The maximum atomic E-state index is 12.5. The number of benzene rings is 2. The molecule has 5 nitrogen and oxygen atoms in total. The smallest absolute Gasteiger partial charge is 0.278 e. The second-order valence-corrected chi connectivity index (χ2v) is 6.91. The Hall–Kier alpha value is -2.22. The zero-order valence-electron chi connectivity index (χ0n) is 13.7. The summed E-state index contributed by atoms with van der Waals surface area (Å²) in [6.45, 7) is 5.96. The lowest BCUT2D eigenvalue weighted by Gasteiger charge is -2.07. The maximum Gasteiger partial charge on any atom is 0.278 e. The molecule has 0 atom stereocenters. The van der Waals surface area contributed by atoms with Crippen LogP contribution in [0.15, 0.2) is 42.5 Å². The number of rotatable bonds is 3. The normalized spacial score (nSPS) is 10.7. The summed E-state index contributed by atoms with van der Waals surface area (Å²) in [6.07, 6.45) is 0. The first-order valence-corrected chi connectivity index (χ1v) is 8.60. The van der Waals surface area contributed by atoms with E-state index in [0.29, 0.717) is 11.4 Å². The molecule has 0 saturated heterocycles. The van der Waals surface area contributed by atoms with Crippen LogP contribution in [0.5, 0.6) is 0 Å². The quantitative estimate of drug-likeness (QED) is 0.636. The monoisotopic (exact) mass is 432 g/mol. The highest BCUT2D eigenvalue weighted by Gasteiger charge is 2.17. The van der Waals surface area contributed by atoms with Gasteiger partial charge >= 0.3 is 0 Å². The van der Waals surface area contributed by atoms with Crippen molar-refractivity contribution in [1.82, 2.24) is 15.0 Å². The number of carbonyl (C=O) groups excluding carboxylic acids is 1. The molecule has 1 N–H and O–H groups in total. The second kappa shape index (κ2) is 6.72. The third-order valence-electron chi connectivity index (χ3n) is 3.95. The lowest BCUT2D eigenvalue weighted by atomic mass is 10.1. The fraction of sp³-hybridized carbons (Fsp3) is 0.167. The third-order valence-corrected chi connectivity index (χ3v) is 4.67.